The van der Waals surface area contributed by atoms with Gasteiger partial charge in [-0.15, -0.1) is 10.2 Å². The van der Waals surface area contributed by atoms with E-state index < -0.39 is 0 Å². The smallest absolute Gasteiger partial charge is 0.101 e. The molecule has 0 saturated heterocycles. The Hall–Kier alpha value is -6.52. The summed E-state index contributed by atoms with van der Waals surface area (Å²) in [6.07, 6.45) is 0. The van der Waals surface area contributed by atoms with Gasteiger partial charge in [-0.25, -0.2) is 0 Å². The van der Waals surface area contributed by atoms with Crippen molar-refractivity contribution in [1.82, 2.24) is 10.2 Å². The first-order valence-electron chi connectivity index (χ1n) is 16.1. The minimum absolute atomic E-state index is 0.864. The van der Waals surface area contributed by atoms with E-state index in [-0.39, 0.29) is 0 Å². The Morgan fingerprint density at radius 2 is 0.500 bits per heavy atom. The number of hydrogen-bond acceptors (Lipinski definition) is 4. The molecular weight excluding hydrogens is 585 g/mol. The average Bonchev–Trinajstić information content (AvgIpc) is 3.17. The lowest BCUT2D eigenvalue weighted by molar-refractivity contribution is 1.06. The molecule has 0 amide bonds. The molecule has 0 fully saturated rings. The topological polar surface area (TPSA) is 32.3 Å². The second kappa shape index (κ2) is 13.1. The van der Waals surface area contributed by atoms with Crippen molar-refractivity contribution < 1.29 is 0 Å². The summed E-state index contributed by atoms with van der Waals surface area (Å²) >= 11 is 0. The Labute approximate surface area is 280 Å². The lowest BCUT2D eigenvalue weighted by atomic mass is 10.00. The number of aromatic nitrogens is 2. The van der Waals surface area contributed by atoms with Gasteiger partial charge in [0.2, 0.25) is 0 Å². The second-order valence-electron chi connectivity index (χ2n) is 11.5. The summed E-state index contributed by atoms with van der Waals surface area (Å²) in [6, 6.07) is 67.4. The predicted molar refractivity (Wildman–Crippen MR) is 200 cm³/mol. The molecule has 0 spiro atoms. The average molecular weight is 617 g/mol. The molecular formula is C44H32N4. The summed E-state index contributed by atoms with van der Waals surface area (Å²) in [5.74, 6) is 0. The zero-order chi connectivity index (χ0) is 32.1. The molecule has 4 heteroatoms. The number of hydrogen-bond donors (Lipinski definition) is 0. The third kappa shape index (κ3) is 5.68. The van der Waals surface area contributed by atoms with Gasteiger partial charge in [0.1, 0.15) is 11.4 Å². The fourth-order valence-corrected chi connectivity index (χ4v) is 6.27. The van der Waals surface area contributed by atoms with E-state index >= 15 is 0 Å². The van der Waals surface area contributed by atoms with Gasteiger partial charge in [-0.3, -0.25) is 0 Å². The molecule has 0 N–H and O–H groups in total. The van der Waals surface area contributed by atoms with Gasteiger partial charge in [0, 0.05) is 56.0 Å². The van der Waals surface area contributed by atoms with E-state index in [1.54, 1.807) is 0 Å². The molecule has 4 nitrogen and oxygen atoms in total. The molecule has 1 heterocycles. The van der Waals surface area contributed by atoms with Crippen molar-refractivity contribution in [1.29, 1.82) is 0 Å². The maximum atomic E-state index is 4.82. The third-order valence-electron chi connectivity index (χ3n) is 8.54. The van der Waals surface area contributed by atoms with Crippen molar-refractivity contribution in [3.8, 4) is 22.5 Å². The Bertz CT molecular complexity index is 2010. The van der Waals surface area contributed by atoms with Crippen LogP contribution < -0.4 is 9.80 Å². The number of rotatable bonds is 8. The van der Waals surface area contributed by atoms with Crippen molar-refractivity contribution in [3.05, 3.63) is 194 Å². The second-order valence-corrected chi connectivity index (χ2v) is 11.5. The molecule has 0 bridgehead atoms. The van der Waals surface area contributed by atoms with Crippen LogP contribution in [0.5, 0.6) is 0 Å². The normalized spacial score (nSPS) is 10.9. The highest BCUT2D eigenvalue weighted by Gasteiger charge is 2.17. The number of benzene rings is 7. The van der Waals surface area contributed by atoms with Crippen LogP contribution in [0.1, 0.15) is 0 Å². The van der Waals surface area contributed by atoms with E-state index in [2.05, 4.69) is 180 Å². The van der Waals surface area contributed by atoms with Gasteiger partial charge in [-0.05, 0) is 72.8 Å². The molecule has 228 valence electrons. The van der Waals surface area contributed by atoms with E-state index in [1.165, 1.54) is 0 Å². The van der Waals surface area contributed by atoms with Crippen molar-refractivity contribution in [2.75, 3.05) is 9.80 Å². The SMILES string of the molecule is c1ccc(N(c2ccccc2)c2ccc(-c3nnc(-c4ccc(N(c5ccccc5)c5ccccc5)cc4)c4ccccc34)cc2)cc1. The van der Waals surface area contributed by atoms with Crippen LogP contribution in [0.4, 0.5) is 34.1 Å². The Kier molecular flexibility index (Phi) is 7.87. The molecule has 0 unspecified atom stereocenters. The van der Waals surface area contributed by atoms with Gasteiger partial charge in [0.15, 0.2) is 0 Å². The van der Waals surface area contributed by atoms with Gasteiger partial charge >= 0.3 is 0 Å². The Morgan fingerprint density at radius 3 is 0.792 bits per heavy atom. The fraction of sp³-hybridized carbons (Fsp3) is 0. The number of nitrogens with zero attached hydrogens (tertiary/aromatic N) is 4. The van der Waals surface area contributed by atoms with Crippen LogP contribution in [0.2, 0.25) is 0 Å². The molecule has 0 aliphatic carbocycles. The predicted octanol–water partition coefficient (Wildman–Crippen LogP) is 11.9. The van der Waals surface area contributed by atoms with E-state index in [9.17, 15) is 0 Å². The molecule has 0 saturated carbocycles. The van der Waals surface area contributed by atoms with E-state index in [0.717, 1.165) is 67.4 Å². The van der Waals surface area contributed by atoms with Crippen LogP contribution in [0.15, 0.2) is 194 Å². The highest BCUT2D eigenvalue weighted by Crippen LogP contribution is 2.39. The maximum absolute atomic E-state index is 4.82. The van der Waals surface area contributed by atoms with Crippen LogP contribution in [0.25, 0.3) is 33.3 Å². The van der Waals surface area contributed by atoms with Crippen molar-refractivity contribution in [2.24, 2.45) is 0 Å². The van der Waals surface area contributed by atoms with Crippen LogP contribution >= 0.6 is 0 Å². The summed E-state index contributed by atoms with van der Waals surface area (Å²) in [6.45, 7) is 0. The highest BCUT2D eigenvalue weighted by molar-refractivity contribution is 6.01. The fourth-order valence-electron chi connectivity index (χ4n) is 6.27. The quantitative estimate of drug-likeness (QED) is 0.170. The van der Waals surface area contributed by atoms with Crippen molar-refractivity contribution in [2.45, 2.75) is 0 Å². The molecule has 1 aromatic heterocycles. The van der Waals surface area contributed by atoms with Crippen LogP contribution in [0.3, 0.4) is 0 Å². The Balaban J connectivity index is 1.14. The van der Waals surface area contributed by atoms with Gasteiger partial charge in [-0.1, -0.05) is 121 Å². The third-order valence-corrected chi connectivity index (χ3v) is 8.54. The first-order valence-corrected chi connectivity index (χ1v) is 16.1. The molecule has 0 radical (unpaired) electrons. The molecule has 48 heavy (non-hydrogen) atoms. The highest BCUT2D eigenvalue weighted by atomic mass is 15.1. The van der Waals surface area contributed by atoms with Crippen LogP contribution in [-0.2, 0) is 0 Å². The van der Waals surface area contributed by atoms with E-state index in [4.69, 9.17) is 10.2 Å². The zero-order valence-electron chi connectivity index (χ0n) is 26.3. The van der Waals surface area contributed by atoms with Gasteiger partial charge in [0.05, 0.1) is 0 Å². The summed E-state index contributed by atoms with van der Waals surface area (Å²) in [5, 5.41) is 11.8. The Morgan fingerprint density at radius 1 is 0.250 bits per heavy atom. The van der Waals surface area contributed by atoms with Crippen LogP contribution in [-0.4, -0.2) is 10.2 Å². The summed E-state index contributed by atoms with van der Waals surface area (Å²) in [7, 11) is 0. The minimum atomic E-state index is 0.864. The van der Waals surface area contributed by atoms with E-state index in [0.29, 0.717) is 0 Å². The number of anilines is 6. The molecule has 8 aromatic rings. The molecule has 7 aromatic carbocycles. The summed E-state index contributed by atoms with van der Waals surface area (Å²) in [4.78, 5) is 4.52. The lowest BCUT2D eigenvalue weighted by Gasteiger charge is -2.25. The lowest BCUT2D eigenvalue weighted by Crippen LogP contribution is -2.09. The molecule has 0 atom stereocenters. The van der Waals surface area contributed by atoms with Crippen molar-refractivity contribution >= 4 is 44.9 Å². The summed E-state index contributed by atoms with van der Waals surface area (Å²) < 4.78 is 0. The monoisotopic (exact) mass is 616 g/mol. The van der Waals surface area contributed by atoms with Gasteiger partial charge in [-0.2, -0.15) is 0 Å². The number of fused-ring (bicyclic) bond motifs is 1. The molecule has 8 rings (SSSR count). The zero-order valence-corrected chi connectivity index (χ0v) is 26.3. The number of para-hydroxylation sites is 4. The molecule has 0 aliphatic rings. The molecule has 0 aliphatic heterocycles. The van der Waals surface area contributed by atoms with Gasteiger partial charge < -0.3 is 9.80 Å². The van der Waals surface area contributed by atoms with Crippen molar-refractivity contribution in [3.63, 3.8) is 0 Å². The van der Waals surface area contributed by atoms with Gasteiger partial charge in [0.25, 0.3) is 0 Å². The minimum Gasteiger partial charge on any atom is -0.311 e. The first-order chi connectivity index (χ1) is 23.8. The maximum Gasteiger partial charge on any atom is 0.101 e. The largest absolute Gasteiger partial charge is 0.311 e. The standard InChI is InChI=1S/C44H32N4/c1-5-15-35(16-6-1)47(36-17-7-2-8-18-36)39-29-25-33(26-30-39)43-41-23-13-14-24-42(41)44(46-45-43)34-27-31-40(32-28-34)48(37-19-9-3-10-20-37)38-21-11-4-12-22-38/h1-32H. The van der Waals surface area contributed by atoms with E-state index in [1.807, 2.05) is 24.3 Å². The first kappa shape index (κ1) is 28.9. The van der Waals surface area contributed by atoms with Crippen LogP contribution in [0, 0.1) is 0 Å². The summed E-state index contributed by atoms with van der Waals surface area (Å²) in [5.41, 5.74) is 10.3.